The summed E-state index contributed by atoms with van der Waals surface area (Å²) in [4.78, 5) is 24.9. The van der Waals surface area contributed by atoms with E-state index >= 15 is 0 Å². The number of rotatable bonds is 8. The van der Waals surface area contributed by atoms with Gasteiger partial charge in [0.25, 0.3) is 0 Å². The minimum atomic E-state index is -0.419. The van der Waals surface area contributed by atoms with E-state index in [1.165, 1.54) is 0 Å². The third kappa shape index (κ3) is 5.04. The summed E-state index contributed by atoms with van der Waals surface area (Å²) in [5.41, 5.74) is 10.6. The minimum Gasteiger partial charge on any atom is -0.368 e. The van der Waals surface area contributed by atoms with E-state index < -0.39 is 5.91 Å². The van der Waals surface area contributed by atoms with Gasteiger partial charge in [-0.05, 0) is 32.2 Å². The third-order valence-corrected chi connectivity index (χ3v) is 3.51. The lowest BCUT2D eigenvalue weighted by Crippen LogP contribution is -2.44. The van der Waals surface area contributed by atoms with Gasteiger partial charge in [-0.1, -0.05) is 19.3 Å². The van der Waals surface area contributed by atoms with Gasteiger partial charge in [-0.3, -0.25) is 9.59 Å². The normalized spacial score (nSPS) is 15.8. The van der Waals surface area contributed by atoms with Crippen LogP contribution in [0.4, 0.5) is 0 Å². The van der Waals surface area contributed by atoms with E-state index in [0.717, 1.165) is 44.9 Å². The van der Waals surface area contributed by atoms with Crippen molar-refractivity contribution in [3.63, 3.8) is 0 Å². The molecular weight excluding hydrogens is 230 g/mol. The number of primary amides is 1. The Morgan fingerprint density at radius 2 is 1.78 bits per heavy atom. The highest BCUT2D eigenvalue weighted by Gasteiger charge is 2.27. The van der Waals surface area contributed by atoms with Crippen LogP contribution in [0.25, 0.3) is 0 Å². The summed E-state index contributed by atoms with van der Waals surface area (Å²) >= 11 is 0. The number of hydrogen-bond donors (Lipinski definition) is 2. The van der Waals surface area contributed by atoms with Crippen molar-refractivity contribution in [2.24, 2.45) is 11.5 Å². The fourth-order valence-electron chi connectivity index (χ4n) is 2.55. The first kappa shape index (κ1) is 15.0. The van der Waals surface area contributed by atoms with Gasteiger partial charge < -0.3 is 16.4 Å². The van der Waals surface area contributed by atoms with Gasteiger partial charge in [-0.25, -0.2) is 0 Å². The molecule has 0 radical (unpaired) electrons. The number of unbranched alkanes of at least 4 members (excludes halogenated alkanes) is 2. The van der Waals surface area contributed by atoms with Crippen molar-refractivity contribution in [2.75, 3.05) is 13.1 Å². The van der Waals surface area contributed by atoms with E-state index in [4.69, 9.17) is 11.5 Å². The smallest absolute Gasteiger partial charge is 0.237 e. The monoisotopic (exact) mass is 255 g/mol. The van der Waals surface area contributed by atoms with Crippen LogP contribution in [0.15, 0.2) is 0 Å². The Morgan fingerprint density at radius 3 is 2.33 bits per heavy atom. The van der Waals surface area contributed by atoms with Gasteiger partial charge >= 0.3 is 0 Å². The van der Waals surface area contributed by atoms with Gasteiger partial charge in [0, 0.05) is 12.5 Å². The van der Waals surface area contributed by atoms with Crippen molar-refractivity contribution in [1.29, 1.82) is 0 Å². The minimum absolute atomic E-state index is 0.0673. The fraction of sp³-hybridized carbons (Fsp3) is 0.846. The molecule has 2 amide bonds. The van der Waals surface area contributed by atoms with Crippen LogP contribution in [0.2, 0.25) is 0 Å². The van der Waals surface area contributed by atoms with Crippen LogP contribution in [-0.2, 0) is 9.59 Å². The summed E-state index contributed by atoms with van der Waals surface area (Å²) in [6.45, 7) is 0.738. The maximum atomic E-state index is 12.1. The average molecular weight is 255 g/mol. The van der Waals surface area contributed by atoms with Crippen LogP contribution < -0.4 is 11.5 Å². The molecule has 0 aliphatic heterocycles. The maximum absolute atomic E-state index is 12.1. The Labute approximate surface area is 109 Å². The molecule has 0 saturated heterocycles. The summed E-state index contributed by atoms with van der Waals surface area (Å²) in [6, 6.07) is 0.222. The van der Waals surface area contributed by atoms with Gasteiger partial charge in [0.15, 0.2) is 0 Å². The fourth-order valence-corrected chi connectivity index (χ4v) is 2.55. The topological polar surface area (TPSA) is 89.4 Å². The van der Waals surface area contributed by atoms with Gasteiger partial charge in [0.2, 0.25) is 11.8 Å². The van der Waals surface area contributed by atoms with Gasteiger partial charge in [-0.15, -0.1) is 0 Å². The second-order valence-electron chi connectivity index (χ2n) is 5.03. The standard InChI is InChI=1S/C13H25N3O2/c14-9-5-1-2-8-13(18)16(10-12(15)17)11-6-3-4-7-11/h11H,1-10,14H2,(H2,15,17). The SMILES string of the molecule is NCCCCCC(=O)N(CC(N)=O)C1CCCC1. The van der Waals surface area contributed by atoms with E-state index in [2.05, 4.69) is 0 Å². The maximum Gasteiger partial charge on any atom is 0.237 e. The van der Waals surface area contributed by atoms with E-state index in [0.29, 0.717) is 13.0 Å². The zero-order chi connectivity index (χ0) is 13.4. The molecule has 0 aromatic carbocycles. The van der Waals surface area contributed by atoms with Crippen LogP contribution in [0.5, 0.6) is 0 Å². The third-order valence-electron chi connectivity index (χ3n) is 3.51. The summed E-state index contributed by atoms with van der Waals surface area (Å²) in [5, 5.41) is 0. The van der Waals surface area contributed by atoms with Gasteiger partial charge in [0.1, 0.15) is 0 Å². The Balaban J connectivity index is 2.42. The van der Waals surface area contributed by atoms with Crippen molar-refractivity contribution in [2.45, 2.75) is 57.4 Å². The molecule has 0 heterocycles. The second-order valence-corrected chi connectivity index (χ2v) is 5.03. The summed E-state index contributed by atoms with van der Waals surface area (Å²) < 4.78 is 0. The Bertz CT molecular complexity index is 275. The summed E-state index contributed by atoms with van der Waals surface area (Å²) in [7, 11) is 0. The molecule has 0 spiro atoms. The van der Waals surface area contributed by atoms with Crippen LogP contribution in [0.3, 0.4) is 0 Å². The first-order valence-electron chi connectivity index (χ1n) is 6.93. The average Bonchev–Trinajstić information content (AvgIpc) is 2.84. The molecular formula is C13H25N3O2. The van der Waals surface area contributed by atoms with Crippen molar-refractivity contribution < 1.29 is 9.59 Å². The van der Waals surface area contributed by atoms with E-state index in [9.17, 15) is 9.59 Å². The van der Waals surface area contributed by atoms with Gasteiger partial charge in [-0.2, -0.15) is 0 Å². The van der Waals surface area contributed by atoms with Crippen molar-refractivity contribution >= 4 is 11.8 Å². The number of nitrogens with zero attached hydrogens (tertiary/aromatic N) is 1. The molecule has 0 aromatic heterocycles. The van der Waals surface area contributed by atoms with E-state index in [1.807, 2.05) is 0 Å². The van der Waals surface area contributed by atoms with Crippen molar-refractivity contribution in [3.8, 4) is 0 Å². The number of nitrogens with two attached hydrogens (primary N) is 2. The Hall–Kier alpha value is -1.10. The second kappa shape index (κ2) is 8.08. The van der Waals surface area contributed by atoms with Gasteiger partial charge in [0.05, 0.1) is 6.54 Å². The first-order valence-corrected chi connectivity index (χ1v) is 6.93. The first-order chi connectivity index (χ1) is 8.65. The molecule has 1 fully saturated rings. The zero-order valence-electron chi connectivity index (χ0n) is 11.1. The van der Waals surface area contributed by atoms with Crippen LogP contribution in [0, 0.1) is 0 Å². The highest BCUT2D eigenvalue weighted by molar-refractivity contribution is 5.84. The lowest BCUT2D eigenvalue weighted by atomic mass is 10.1. The molecule has 0 atom stereocenters. The molecule has 0 unspecified atom stereocenters. The number of carbonyl (C=O) groups excluding carboxylic acids is 2. The molecule has 4 N–H and O–H groups in total. The molecule has 5 heteroatoms. The number of hydrogen-bond acceptors (Lipinski definition) is 3. The predicted octanol–water partition coefficient (Wildman–Crippen LogP) is 0.762. The summed E-state index contributed by atoms with van der Waals surface area (Å²) in [5.74, 6) is -0.352. The molecule has 1 aliphatic carbocycles. The molecule has 1 saturated carbocycles. The molecule has 18 heavy (non-hydrogen) atoms. The quantitative estimate of drug-likeness (QED) is 0.627. The van der Waals surface area contributed by atoms with Crippen LogP contribution in [-0.4, -0.2) is 35.8 Å². The van der Waals surface area contributed by atoms with Crippen molar-refractivity contribution in [3.05, 3.63) is 0 Å². The highest BCUT2D eigenvalue weighted by Crippen LogP contribution is 2.24. The number of amides is 2. The molecule has 1 rings (SSSR count). The zero-order valence-corrected chi connectivity index (χ0v) is 11.1. The molecule has 0 bridgehead atoms. The largest absolute Gasteiger partial charge is 0.368 e. The van der Waals surface area contributed by atoms with Crippen LogP contribution in [0.1, 0.15) is 51.4 Å². The Kier molecular flexibility index (Phi) is 6.72. The molecule has 0 aromatic rings. The number of carbonyl (C=O) groups is 2. The lowest BCUT2D eigenvalue weighted by Gasteiger charge is -2.27. The molecule has 5 nitrogen and oxygen atoms in total. The molecule has 1 aliphatic rings. The Morgan fingerprint density at radius 1 is 1.11 bits per heavy atom. The lowest BCUT2D eigenvalue weighted by molar-refractivity contribution is -0.137. The van der Waals surface area contributed by atoms with E-state index in [1.54, 1.807) is 4.90 Å². The summed E-state index contributed by atoms with van der Waals surface area (Å²) in [6.07, 6.45) is 7.55. The highest BCUT2D eigenvalue weighted by atomic mass is 16.2. The predicted molar refractivity (Wildman–Crippen MR) is 70.7 cm³/mol. The van der Waals surface area contributed by atoms with E-state index in [-0.39, 0.29) is 18.5 Å². The molecule has 104 valence electrons. The van der Waals surface area contributed by atoms with Crippen molar-refractivity contribution in [1.82, 2.24) is 4.90 Å². The van der Waals surface area contributed by atoms with Crippen LogP contribution >= 0.6 is 0 Å².